The van der Waals surface area contributed by atoms with Gasteiger partial charge >= 0.3 is 0 Å². The third kappa shape index (κ3) is 2.37. The summed E-state index contributed by atoms with van der Waals surface area (Å²) in [6.45, 7) is 4.36. The predicted octanol–water partition coefficient (Wildman–Crippen LogP) is 2.95. The van der Waals surface area contributed by atoms with Crippen molar-refractivity contribution in [1.82, 2.24) is 4.98 Å². The quantitative estimate of drug-likeness (QED) is 0.866. The molecule has 1 atom stereocenters. The summed E-state index contributed by atoms with van der Waals surface area (Å²) in [6, 6.07) is 0. The zero-order valence-corrected chi connectivity index (χ0v) is 11.0. The molecule has 0 bridgehead atoms. The van der Waals surface area contributed by atoms with Crippen LogP contribution in [-0.4, -0.2) is 16.5 Å². The Bertz CT molecular complexity index is 327. The first-order valence-electron chi connectivity index (χ1n) is 5.44. The van der Waals surface area contributed by atoms with Crippen molar-refractivity contribution < 1.29 is 0 Å². The lowest BCUT2D eigenvalue weighted by atomic mass is 9.97. The molecule has 1 saturated heterocycles. The van der Waals surface area contributed by atoms with Crippen LogP contribution in [0, 0.1) is 0 Å². The predicted molar refractivity (Wildman–Crippen MR) is 68.6 cm³/mol. The highest BCUT2D eigenvalue weighted by molar-refractivity contribution is 7.99. The smallest absolute Gasteiger partial charge is 0.114 e. The van der Waals surface area contributed by atoms with Gasteiger partial charge in [0, 0.05) is 11.1 Å². The molecule has 2 N–H and O–H groups in total. The molecular weight excluding hydrogens is 224 g/mol. The summed E-state index contributed by atoms with van der Waals surface area (Å²) in [5.74, 6) is 2.79. The van der Waals surface area contributed by atoms with E-state index in [0.29, 0.717) is 5.92 Å². The van der Waals surface area contributed by atoms with Crippen LogP contribution in [0.15, 0.2) is 5.38 Å². The summed E-state index contributed by atoms with van der Waals surface area (Å²) in [5, 5.41) is 3.30. The van der Waals surface area contributed by atoms with Gasteiger partial charge in [-0.05, 0) is 24.5 Å². The Kier molecular flexibility index (Phi) is 3.38. The number of hydrogen-bond acceptors (Lipinski definition) is 4. The second kappa shape index (κ2) is 4.44. The zero-order valence-electron chi connectivity index (χ0n) is 9.32. The van der Waals surface area contributed by atoms with Gasteiger partial charge in [0.25, 0.3) is 0 Å². The van der Waals surface area contributed by atoms with Crippen LogP contribution in [0.3, 0.4) is 0 Å². The van der Waals surface area contributed by atoms with Crippen LogP contribution in [-0.2, 0) is 5.54 Å². The van der Waals surface area contributed by atoms with Gasteiger partial charge in [-0.25, -0.2) is 4.98 Å². The van der Waals surface area contributed by atoms with E-state index in [9.17, 15) is 0 Å². The molecule has 1 aromatic rings. The largest absolute Gasteiger partial charge is 0.319 e. The van der Waals surface area contributed by atoms with Crippen LogP contribution in [0.5, 0.6) is 0 Å². The number of hydrogen-bond donors (Lipinski definition) is 1. The molecule has 1 unspecified atom stereocenters. The first-order valence-corrected chi connectivity index (χ1v) is 7.48. The average molecular weight is 242 g/mol. The molecule has 1 aromatic heterocycles. The Hall–Kier alpha value is -0.0600. The highest BCUT2D eigenvalue weighted by atomic mass is 32.2. The SMILES string of the molecule is CC(C)c1csc(C2(N)CCCSC2)n1. The zero-order chi connectivity index (χ0) is 10.9. The van der Waals surface area contributed by atoms with Crippen molar-refractivity contribution >= 4 is 23.1 Å². The summed E-state index contributed by atoms with van der Waals surface area (Å²) in [4.78, 5) is 4.69. The highest BCUT2D eigenvalue weighted by Crippen LogP contribution is 2.35. The summed E-state index contributed by atoms with van der Waals surface area (Å²) in [5.41, 5.74) is 7.46. The molecule has 0 aromatic carbocycles. The first kappa shape index (κ1) is 11.4. The van der Waals surface area contributed by atoms with E-state index in [4.69, 9.17) is 5.73 Å². The number of nitrogens with zero attached hydrogens (tertiary/aromatic N) is 1. The number of aromatic nitrogens is 1. The van der Waals surface area contributed by atoms with Crippen molar-refractivity contribution in [3.05, 3.63) is 16.1 Å². The normalized spacial score (nSPS) is 27.2. The summed E-state index contributed by atoms with van der Waals surface area (Å²) in [6.07, 6.45) is 2.31. The van der Waals surface area contributed by atoms with Gasteiger partial charge in [-0.3, -0.25) is 0 Å². The molecule has 2 rings (SSSR count). The highest BCUT2D eigenvalue weighted by Gasteiger charge is 2.32. The number of thiazole rings is 1. The molecule has 15 heavy (non-hydrogen) atoms. The minimum absolute atomic E-state index is 0.152. The number of thioether (sulfide) groups is 1. The molecule has 0 radical (unpaired) electrons. The fraction of sp³-hybridized carbons (Fsp3) is 0.727. The maximum Gasteiger partial charge on any atom is 0.114 e. The van der Waals surface area contributed by atoms with Gasteiger partial charge in [0.2, 0.25) is 0 Å². The van der Waals surface area contributed by atoms with Crippen LogP contribution in [0.25, 0.3) is 0 Å². The van der Waals surface area contributed by atoms with E-state index in [0.717, 1.165) is 17.2 Å². The van der Waals surface area contributed by atoms with E-state index >= 15 is 0 Å². The van der Waals surface area contributed by atoms with Crippen molar-refractivity contribution in [3.63, 3.8) is 0 Å². The molecule has 1 fully saturated rings. The number of rotatable bonds is 2. The van der Waals surface area contributed by atoms with Gasteiger partial charge in [0.1, 0.15) is 5.01 Å². The second-order valence-corrected chi connectivity index (χ2v) is 6.51. The van der Waals surface area contributed by atoms with Crippen LogP contribution < -0.4 is 5.73 Å². The fourth-order valence-electron chi connectivity index (χ4n) is 1.76. The van der Waals surface area contributed by atoms with Crippen LogP contribution in [0.4, 0.5) is 0 Å². The summed E-state index contributed by atoms with van der Waals surface area (Å²) < 4.78 is 0. The maximum atomic E-state index is 6.42. The minimum atomic E-state index is -0.152. The number of nitrogens with two attached hydrogens (primary N) is 1. The van der Waals surface area contributed by atoms with E-state index < -0.39 is 0 Å². The van der Waals surface area contributed by atoms with Crippen LogP contribution in [0.2, 0.25) is 0 Å². The third-order valence-electron chi connectivity index (χ3n) is 2.81. The van der Waals surface area contributed by atoms with Crippen molar-refractivity contribution in [1.29, 1.82) is 0 Å². The van der Waals surface area contributed by atoms with Crippen molar-refractivity contribution in [2.75, 3.05) is 11.5 Å². The lowest BCUT2D eigenvalue weighted by molar-refractivity contribution is 0.443. The Morgan fingerprint density at radius 1 is 1.53 bits per heavy atom. The molecule has 84 valence electrons. The molecule has 1 aliphatic rings. The topological polar surface area (TPSA) is 38.9 Å². The Balaban J connectivity index is 2.20. The Morgan fingerprint density at radius 2 is 2.33 bits per heavy atom. The van der Waals surface area contributed by atoms with Crippen molar-refractivity contribution in [3.8, 4) is 0 Å². The summed E-state index contributed by atoms with van der Waals surface area (Å²) >= 11 is 3.69. The molecular formula is C11H18N2S2. The van der Waals surface area contributed by atoms with Crippen LogP contribution >= 0.6 is 23.1 Å². The maximum absolute atomic E-state index is 6.42. The average Bonchev–Trinajstić information content (AvgIpc) is 2.68. The van der Waals surface area contributed by atoms with Gasteiger partial charge in [-0.2, -0.15) is 11.8 Å². The molecule has 0 aliphatic carbocycles. The van der Waals surface area contributed by atoms with Crippen molar-refractivity contribution in [2.24, 2.45) is 5.73 Å². The Morgan fingerprint density at radius 3 is 2.87 bits per heavy atom. The monoisotopic (exact) mass is 242 g/mol. The minimum Gasteiger partial charge on any atom is -0.319 e. The molecule has 4 heteroatoms. The Labute approximate surface area is 99.7 Å². The van der Waals surface area contributed by atoms with Crippen molar-refractivity contribution in [2.45, 2.75) is 38.1 Å². The third-order valence-corrected chi connectivity index (χ3v) is 5.19. The van der Waals surface area contributed by atoms with Gasteiger partial charge in [0.15, 0.2) is 0 Å². The summed E-state index contributed by atoms with van der Waals surface area (Å²) in [7, 11) is 0. The van der Waals surface area contributed by atoms with E-state index in [2.05, 4.69) is 24.2 Å². The molecule has 1 aliphatic heterocycles. The van der Waals surface area contributed by atoms with E-state index in [1.165, 1.54) is 17.9 Å². The van der Waals surface area contributed by atoms with Gasteiger partial charge < -0.3 is 5.73 Å². The van der Waals surface area contributed by atoms with E-state index in [-0.39, 0.29) is 5.54 Å². The standard InChI is InChI=1S/C11H18N2S2/c1-8(2)9-6-15-10(13-9)11(12)4-3-5-14-7-11/h6,8H,3-5,7,12H2,1-2H3. The molecule has 0 spiro atoms. The lowest BCUT2D eigenvalue weighted by Crippen LogP contribution is -2.41. The molecule has 0 saturated carbocycles. The van der Waals surface area contributed by atoms with Gasteiger partial charge in [0.05, 0.1) is 11.2 Å². The molecule has 2 nitrogen and oxygen atoms in total. The lowest BCUT2D eigenvalue weighted by Gasteiger charge is -2.30. The first-order chi connectivity index (χ1) is 7.12. The second-order valence-electron chi connectivity index (χ2n) is 4.54. The molecule has 2 heterocycles. The van der Waals surface area contributed by atoms with E-state index in [1.807, 2.05) is 11.8 Å². The fourth-order valence-corrected chi connectivity index (χ4v) is 4.12. The van der Waals surface area contributed by atoms with Gasteiger partial charge in [-0.15, -0.1) is 11.3 Å². The van der Waals surface area contributed by atoms with E-state index in [1.54, 1.807) is 11.3 Å². The molecule has 0 amide bonds. The van der Waals surface area contributed by atoms with Gasteiger partial charge in [-0.1, -0.05) is 13.8 Å². The van der Waals surface area contributed by atoms with Crippen LogP contribution in [0.1, 0.15) is 43.3 Å².